The molecule has 0 bridgehead atoms. The molecule has 0 aliphatic carbocycles. The summed E-state index contributed by atoms with van der Waals surface area (Å²) in [6, 6.07) is 5.75. The van der Waals surface area contributed by atoms with Gasteiger partial charge in [0.2, 0.25) is 0 Å². The van der Waals surface area contributed by atoms with Crippen molar-refractivity contribution in [3.8, 4) is 0 Å². The fourth-order valence-corrected chi connectivity index (χ4v) is 2.47. The van der Waals surface area contributed by atoms with Gasteiger partial charge in [-0.15, -0.1) is 0 Å². The third kappa shape index (κ3) is 1.95. The lowest BCUT2D eigenvalue weighted by molar-refractivity contribution is 1.42. The van der Waals surface area contributed by atoms with Crippen LogP contribution in [-0.2, 0) is 0 Å². The molecule has 0 amide bonds. The summed E-state index contributed by atoms with van der Waals surface area (Å²) in [5.74, 6) is 0. The van der Waals surface area contributed by atoms with Crippen LogP contribution in [0, 0.1) is 0 Å². The number of hydrogen-bond donors (Lipinski definition) is 1. The van der Waals surface area contributed by atoms with Gasteiger partial charge in [-0.05, 0) is 24.5 Å². The first-order chi connectivity index (χ1) is 6.29. The highest BCUT2D eigenvalue weighted by atomic mass is 35.5. The molecule has 0 fully saturated rings. The summed E-state index contributed by atoms with van der Waals surface area (Å²) in [4.78, 5) is 1.07. The predicted molar refractivity (Wildman–Crippen MR) is 61.9 cm³/mol. The highest BCUT2D eigenvalue weighted by Gasteiger charge is 2.11. The molecule has 5 heteroatoms. The van der Waals surface area contributed by atoms with Crippen molar-refractivity contribution in [2.45, 2.75) is 4.90 Å². The van der Waals surface area contributed by atoms with E-state index in [1.807, 2.05) is 24.5 Å². The quantitative estimate of drug-likeness (QED) is 0.691. The first-order valence-corrected chi connectivity index (χ1v) is 6.03. The maximum Gasteiger partial charge on any atom is 0.173 e. The summed E-state index contributed by atoms with van der Waals surface area (Å²) in [7, 11) is 0. The number of amidine groups is 1. The van der Waals surface area contributed by atoms with E-state index in [1.54, 1.807) is 11.8 Å². The average Bonchev–Trinajstić information content (AvgIpc) is 2.17. The Bertz CT molecular complexity index is 365. The second-order valence-electron chi connectivity index (χ2n) is 2.46. The van der Waals surface area contributed by atoms with Crippen LogP contribution in [0.4, 0.5) is 5.69 Å². The minimum Gasteiger partial charge on any atom is -0.333 e. The zero-order valence-electron chi connectivity index (χ0n) is 6.87. The van der Waals surface area contributed by atoms with Crippen LogP contribution in [-0.4, -0.2) is 11.4 Å². The third-order valence-electron chi connectivity index (χ3n) is 1.61. The number of nitrogens with zero attached hydrogens (tertiary/aromatic N) is 1. The Morgan fingerprint density at radius 3 is 3.15 bits per heavy atom. The number of halogens is 1. The number of hydrogen-bond acceptors (Lipinski definition) is 4. The monoisotopic (exact) mass is 230 g/mol. The molecule has 0 saturated heterocycles. The van der Waals surface area contributed by atoms with Crippen LogP contribution < -0.4 is 5.32 Å². The van der Waals surface area contributed by atoms with Gasteiger partial charge in [0.1, 0.15) is 0 Å². The zero-order chi connectivity index (χ0) is 9.26. The highest BCUT2D eigenvalue weighted by Crippen LogP contribution is 2.35. The number of thioether (sulfide) groups is 1. The summed E-state index contributed by atoms with van der Waals surface area (Å²) in [5, 5.41) is 4.88. The Kier molecular flexibility index (Phi) is 2.71. The van der Waals surface area contributed by atoms with Crippen LogP contribution in [0.2, 0.25) is 5.02 Å². The normalized spacial score (nSPS) is 14.5. The SMILES string of the molecule is CSC1=NSc2cc(Cl)ccc2N1. The van der Waals surface area contributed by atoms with Crippen molar-refractivity contribution >= 4 is 46.2 Å². The van der Waals surface area contributed by atoms with E-state index in [1.165, 1.54) is 11.9 Å². The highest BCUT2D eigenvalue weighted by molar-refractivity contribution is 8.14. The molecule has 13 heavy (non-hydrogen) atoms. The van der Waals surface area contributed by atoms with Gasteiger partial charge in [0, 0.05) is 17.0 Å². The Morgan fingerprint density at radius 1 is 1.54 bits per heavy atom. The summed E-state index contributed by atoms with van der Waals surface area (Å²) in [5.41, 5.74) is 1.08. The largest absolute Gasteiger partial charge is 0.333 e. The van der Waals surface area contributed by atoms with Gasteiger partial charge in [0.05, 0.1) is 10.6 Å². The van der Waals surface area contributed by atoms with Gasteiger partial charge in [0.15, 0.2) is 5.17 Å². The average molecular weight is 231 g/mol. The Balaban J connectivity index is 2.33. The molecule has 1 aliphatic heterocycles. The molecular formula is C8H7ClN2S2. The minimum absolute atomic E-state index is 0.746. The molecule has 1 aliphatic rings. The van der Waals surface area contributed by atoms with Crippen molar-refractivity contribution in [2.75, 3.05) is 11.6 Å². The van der Waals surface area contributed by atoms with E-state index in [0.29, 0.717) is 0 Å². The van der Waals surface area contributed by atoms with Crippen LogP contribution in [0.25, 0.3) is 0 Å². The van der Waals surface area contributed by atoms with Gasteiger partial charge < -0.3 is 5.32 Å². The summed E-state index contributed by atoms with van der Waals surface area (Å²) < 4.78 is 4.26. The fourth-order valence-electron chi connectivity index (χ4n) is 0.992. The molecule has 0 aromatic heterocycles. The number of rotatable bonds is 0. The van der Waals surface area contributed by atoms with Crippen molar-refractivity contribution in [3.63, 3.8) is 0 Å². The summed E-state index contributed by atoms with van der Waals surface area (Å²) in [6.07, 6.45) is 1.99. The van der Waals surface area contributed by atoms with Crippen molar-refractivity contribution in [1.82, 2.24) is 0 Å². The zero-order valence-corrected chi connectivity index (χ0v) is 9.26. The molecule has 0 atom stereocenters. The van der Waals surface area contributed by atoms with Gasteiger partial charge in [-0.2, -0.15) is 4.40 Å². The molecule has 2 rings (SSSR count). The Hall–Kier alpha value is -0.320. The lowest BCUT2D eigenvalue weighted by Gasteiger charge is -2.15. The molecule has 1 aromatic carbocycles. The molecule has 0 saturated carbocycles. The van der Waals surface area contributed by atoms with E-state index >= 15 is 0 Å². The van der Waals surface area contributed by atoms with Crippen LogP contribution in [0.1, 0.15) is 0 Å². The lowest BCUT2D eigenvalue weighted by Crippen LogP contribution is -2.10. The van der Waals surface area contributed by atoms with E-state index < -0.39 is 0 Å². The standard InChI is InChI=1S/C8H7ClN2S2/c1-12-8-10-6-3-2-5(9)4-7(6)13-11-8/h2-4H,1H3,(H,10,11). The molecule has 1 heterocycles. The summed E-state index contributed by atoms with van der Waals surface area (Å²) >= 11 is 8.91. The maximum atomic E-state index is 5.85. The molecule has 0 radical (unpaired) electrons. The first-order valence-electron chi connectivity index (χ1n) is 3.65. The third-order valence-corrected chi connectivity index (χ3v) is 3.34. The topological polar surface area (TPSA) is 24.4 Å². The lowest BCUT2D eigenvalue weighted by atomic mass is 10.3. The predicted octanol–water partition coefficient (Wildman–Crippen LogP) is 3.49. The van der Waals surface area contributed by atoms with Crippen molar-refractivity contribution < 1.29 is 0 Å². The van der Waals surface area contributed by atoms with Crippen molar-refractivity contribution in [2.24, 2.45) is 4.40 Å². The van der Waals surface area contributed by atoms with Crippen LogP contribution in [0.5, 0.6) is 0 Å². The van der Waals surface area contributed by atoms with Gasteiger partial charge >= 0.3 is 0 Å². The number of fused-ring (bicyclic) bond motifs is 1. The second-order valence-corrected chi connectivity index (χ2v) is 4.49. The van der Waals surface area contributed by atoms with E-state index in [9.17, 15) is 0 Å². The maximum absolute atomic E-state index is 5.85. The van der Waals surface area contributed by atoms with Gasteiger partial charge in [-0.25, -0.2) is 0 Å². The van der Waals surface area contributed by atoms with E-state index in [4.69, 9.17) is 11.6 Å². The fraction of sp³-hybridized carbons (Fsp3) is 0.125. The van der Waals surface area contributed by atoms with E-state index in [2.05, 4.69) is 9.71 Å². The Morgan fingerprint density at radius 2 is 2.38 bits per heavy atom. The van der Waals surface area contributed by atoms with Crippen molar-refractivity contribution in [1.29, 1.82) is 0 Å². The molecule has 0 spiro atoms. The molecule has 1 aromatic rings. The van der Waals surface area contributed by atoms with Gasteiger partial charge in [-0.3, -0.25) is 0 Å². The van der Waals surface area contributed by atoms with Crippen LogP contribution in [0.15, 0.2) is 27.5 Å². The number of anilines is 1. The molecular weight excluding hydrogens is 224 g/mol. The Labute approximate surface area is 90.3 Å². The number of nitrogens with one attached hydrogen (secondary N) is 1. The van der Waals surface area contributed by atoms with E-state index in [-0.39, 0.29) is 0 Å². The van der Waals surface area contributed by atoms with Crippen LogP contribution in [0.3, 0.4) is 0 Å². The summed E-state index contributed by atoms with van der Waals surface area (Å²) in [6.45, 7) is 0. The molecule has 0 unspecified atom stereocenters. The minimum atomic E-state index is 0.746. The molecule has 68 valence electrons. The van der Waals surface area contributed by atoms with Gasteiger partial charge in [0.25, 0.3) is 0 Å². The van der Waals surface area contributed by atoms with E-state index in [0.717, 1.165) is 20.8 Å². The molecule has 2 nitrogen and oxygen atoms in total. The second kappa shape index (κ2) is 3.82. The molecule has 1 N–H and O–H groups in total. The smallest absolute Gasteiger partial charge is 0.173 e. The van der Waals surface area contributed by atoms with Crippen LogP contribution >= 0.6 is 35.3 Å². The van der Waals surface area contributed by atoms with Gasteiger partial charge in [-0.1, -0.05) is 23.4 Å². The first kappa shape index (κ1) is 9.24. The number of benzene rings is 1. The van der Waals surface area contributed by atoms with Crippen molar-refractivity contribution in [3.05, 3.63) is 23.2 Å².